The van der Waals surface area contributed by atoms with Crippen molar-refractivity contribution in [3.8, 4) is 11.3 Å². The van der Waals surface area contributed by atoms with Crippen molar-refractivity contribution in [1.82, 2.24) is 4.98 Å². The second-order valence-corrected chi connectivity index (χ2v) is 5.20. The minimum atomic E-state index is 0. The number of hydrogen-bond acceptors (Lipinski definition) is 3. The largest absolute Gasteiger partial charge is 0.322 e. The normalized spacial score (nSPS) is 11.9. The summed E-state index contributed by atoms with van der Waals surface area (Å²) in [6.45, 7) is 4.16. The van der Waals surface area contributed by atoms with Gasteiger partial charge in [0.25, 0.3) is 0 Å². The number of aryl methyl sites for hydroxylation is 1. The van der Waals surface area contributed by atoms with E-state index < -0.39 is 0 Å². The third kappa shape index (κ3) is 3.55. The van der Waals surface area contributed by atoms with Gasteiger partial charge in [0.1, 0.15) is 5.01 Å². The maximum Gasteiger partial charge on any atom is 0.110 e. The lowest BCUT2D eigenvalue weighted by Gasteiger charge is -2.01. The van der Waals surface area contributed by atoms with Gasteiger partial charge in [-0.3, -0.25) is 0 Å². The van der Waals surface area contributed by atoms with Crippen LogP contribution in [-0.4, -0.2) is 4.98 Å². The second-order valence-electron chi connectivity index (χ2n) is 4.31. The Balaban J connectivity index is 0.00000162. The van der Waals surface area contributed by atoms with Crippen molar-refractivity contribution in [3.05, 3.63) is 40.2 Å². The summed E-state index contributed by atoms with van der Waals surface area (Å²) >= 11 is 1.63. The first-order valence-electron chi connectivity index (χ1n) is 6.01. The van der Waals surface area contributed by atoms with Gasteiger partial charge in [-0.05, 0) is 18.9 Å². The molecule has 0 spiro atoms. The molecule has 18 heavy (non-hydrogen) atoms. The highest BCUT2D eigenvalue weighted by molar-refractivity contribution is 7.10. The van der Waals surface area contributed by atoms with Crippen LogP contribution in [0.5, 0.6) is 0 Å². The van der Waals surface area contributed by atoms with Crippen molar-refractivity contribution < 1.29 is 0 Å². The number of thiazole rings is 1. The van der Waals surface area contributed by atoms with E-state index >= 15 is 0 Å². The van der Waals surface area contributed by atoms with Crippen LogP contribution in [0, 0.1) is 0 Å². The Kier molecular flexibility index (Phi) is 5.79. The molecule has 4 heteroatoms. The zero-order chi connectivity index (χ0) is 12.3. The van der Waals surface area contributed by atoms with Crippen LogP contribution in [0.3, 0.4) is 0 Å². The van der Waals surface area contributed by atoms with Gasteiger partial charge in [-0.2, -0.15) is 0 Å². The molecule has 0 aliphatic rings. The monoisotopic (exact) mass is 282 g/mol. The summed E-state index contributed by atoms with van der Waals surface area (Å²) in [5, 5.41) is 3.07. The SMILES string of the molecule is CCCc1ccc(-c2csc(C(C)N)n2)cc1.Cl. The molecule has 2 rings (SSSR count). The van der Waals surface area contributed by atoms with Crippen molar-refractivity contribution >= 4 is 23.7 Å². The molecule has 0 aliphatic heterocycles. The molecule has 0 amide bonds. The fourth-order valence-electron chi connectivity index (χ4n) is 1.76. The molecule has 1 atom stereocenters. The van der Waals surface area contributed by atoms with Crippen LogP contribution >= 0.6 is 23.7 Å². The molecule has 2 aromatic rings. The molecule has 0 bridgehead atoms. The third-order valence-electron chi connectivity index (χ3n) is 2.70. The Morgan fingerprint density at radius 2 is 1.94 bits per heavy atom. The van der Waals surface area contributed by atoms with E-state index in [2.05, 4.69) is 41.6 Å². The van der Waals surface area contributed by atoms with Gasteiger partial charge in [-0.1, -0.05) is 37.6 Å². The second kappa shape index (κ2) is 6.88. The van der Waals surface area contributed by atoms with Crippen LogP contribution in [0.15, 0.2) is 29.6 Å². The summed E-state index contributed by atoms with van der Waals surface area (Å²) in [5.41, 5.74) is 9.41. The number of aromatic nitrogens is 1. The Morgan fingerprint density at radius 1 is 1.28 bits per heavy atom. The van der Waals surface area contributed by atoms with E-state index in [1.807, 2.05) is 6.92 Å². The number of benzene rings is 1. The highest BCUT2D eigenvalue weighted by atomic mass is 35.5. The molecule has 1 heterocycles. The fourth-order valence-corrected chi connectivity index (χ4v) is 2.55. The van der Waals surface area contributed by atoms with E-state index in [-0.39, 0.29) is 18.4 Å². The lowest BCUT2D eigenvalue weighted by Crippen LogP contribution is -2.03. The average Bonchev–Trinajstić information content (AvgIpc) is 2.80. The molecular formula is C14H19ClN2S. The molecule has 1 aromatic heterocycles. The quantitative estimate of drug-likeness (QED) is 0.912. The summed E-state index contributed by atoms with van der Waals surface area (Å²) in [5.74, 6) is 0. The maximum absolute atomic E-state index is 5.82. The van der Waals surface area contributed by atoms with Gasteiger partial charge < -0.3 is 5.73 Å². The standard InChI is InChI=1S/C14H18N2S.ClH/c1-3-4-11-5-7-12(8-6-11)13-9-17-14(16-13)10(2)15;/h5-10H,3-4,15H2,1-2H3;1H. The van der Waals surface area contributed by atoms with Gasteiger partial charge >= 0.3 is 0 Å². The Bertz CT molecular complexity index is 477. The van der Waals surface area contributed by atoms with Crippen LogP contribution in [0.1, 0.15) is 36.9 Å². The van der Waals surface area contributed by atoms with Gasteiger partial charge in [0.2, 0.25) is 0 Å². The van der Waals surface area contributed by atoms with Crippen LogP contribution < -0.4 is 5.73 Å². The van der Waals surface area contributed by atoms with Gasteiger partial charge in [-0.25, -0.2) is 4.98 Å². The molecule has 1 aromatic carbocycles. The van der Waals surface area contributed by atoms with E-state index in [1.165, 1.54) is 17.5 Å². The van der Waals surface area contributed by atoms with E-state index in [4.69, 9.17) is 5.73 Å². The van der Waals surface area contributed by atoms with E-state index in [1.54, 1.807) is 11.3 Å². The number of halogens is 1. The Labute approximate surface area is 119 Å². The predicted octanol–water partition coefficient (Wildman–Crippen LogP) is 4.20. The van der Waals surface area contributed by atoms with Gasteiger partial charge in [0.15, 0.2) is 0 Å². The van der Waals surface area contributed by atoms with Gasteiger partial charge in [-0.15, -0.1) is 23.7 Å². The van der Waals surface area contributed by atoms with Gasteiger partial charge in [0.05, 0.1) is 11.7 Å². The van der Waals surface area contributed by atoms with E-state index in [0.29, 0.717) is 0 Å². The fraction of sp³-hybridized carbons (Fsp3) is 0.357. The van der Waals surface area contributed by atoms with E-state index in [0.717, 1.165) is 17.1 Å². The molecule has 0 fully saturated rings. The maximum atomic E-state index is 5.82. The van der Waals surface area contributed by atoms with Crippen molar-refractivity contribution in [2.24, 2.45) is 5.73 Å². The molecule has 98 valence electrons. The Morgan fingerprint density at radius 3 is 2.44 bits per heavy atom. The first kappa shape index (κ1) is 15.2. The molecule has 0 saturated heterocycles. The van der Waals surface area contributed by atoms with Crippen molar-refractivity contribution in [3.63, 3.8) is 0 Å². The average molecular weight is 283 g/mol. The first-order chi connectivity index (χ1) is 8.20. The lowest BCUT2D eigenvalue weighted by molar-refractivity contribution is 0.808. The van der Waals surface area contributed by atoms with Crippen LogP contribution in [0.4, 0.5) is 0 Å². The van der Waals surface area contributed by atoms with Crippen LogP contribution in [-0.2, 0) is 6.42 Å². The van der Waals surface area contributed by atoms with Crippen LogP contribution in [0.25, 0.3) is 11.3 Å². The minimum Gasteiger partial charge on any atom is -0.322 e. The summed E-state index contributed by atoms with van der Waals surface area (Å²) in [6.07, 6.45) is 2.33. The number of nitrogens with two attached hydrogens (primary N) is 1. The lowest BCUT2D eigenvalue weighted by atomic mass is 10.1. The van der Waals surface area contributed by atoms with E-state index in [9.17, 15) is 0 Å². The van der Waals surface area contributed by atoms with Crippen LogP contribution in [0.2, 0.25) is 0 Å². The summed E-state index contributed by atoms with van der Waals surface area (Å²) in [4.78, 5) is 4.55. The number of nitrogens with zero attached hydrogens (tertiary/aromatic N) is 1. The highest BCUT2D eigenvalue weighted by Gasteiger charge is 2.07. The minimum absolute atomic E-state index is 0. The molecule has 1 unspecified atom stereocenters. The van der Waals surface area contributed by atoms with Crippen molar-refractivity contribution in [2.75, 3.05) is 0 Å². The Hall–Kier alpha value is -0.900. The smallest absolute Gasteiger partial charge is 0.110 e. The molecular weight excluding hydrogens is 264 g/mol. The molecule has 0 radical (unpaired) electrons. The topological polar surface area (TPSA) is 38.9 Å². The first-order valence-corrected chi connectivity index (χ1v) is 6.89. The van der Waals surface area contributed by atoms with Crippen molar-refractivity contribution in [2.45, 2.75) is 32.7 Å². The van der Waals surface area contributed by atoms with Crippen molar-refractivity contribution in [1.29, 1.82) is 0 Å². The zero-order valence-corrected chi connectivity index (χ0v) is 12.4. The molecule has 0 aliphatic carbocycles. The molecule has 2 nitrogen and oxygen atoms in total. The summed E-state index contributed by atoms with van der Waals surface area (Å²) in [6, 6.07) is 8.68. The van der Waals surface area contributed by atoms with Gasteiger partial charge in [0, 0.05) is 10.9 Å². The predicted molar refractivity (Wildman–Crippen MR) is 81.4 cm³/mol. The number of hydrogen-bond donors (Lipinski definition) is 1. The molecule has 2 N–H and O–H groups in total. The number of rotatable bonds is 4. The highest BCUT2D eigenvalue weighted by Crippen LogP contribution is 2.24. The molecule has 0 saturated carbocycles. The third-order valence-corrected chi connectivity index (χ3v) is 3.75. The summed E-state index contributed by atoms with van der Waals surface area (Å²) < 4.78 is 0. The zero-order valence-electron chi connectivity index (χ0n) is 10.7. The summed E-state index contributed by atoms with van der Waals surface area (Å²) in [7, 11) is 0.